The van der Waals surface area contributed by atoms with Crippen LogP contribution in [0.5, 0.6) is 11.5 Å². The predicted octanol–water partition coefficient (Wildman–Crippen LogP) is 6.11. The molecule has 1 aliphatic heterocycles. The van der Waals surface area contributed by atoms with Gasteiger partial charge in [0.15, 0.2) is 0 Å². The molecule has 0 amide bonds. The number of carboxylic acid groups (broad SMARTS) is 1. The average Bonchev–Trinajstić information content (AvgIpc) is 2.91. The van der Waals surface area contributed by atoms with Gasteiger partial charge in [0.2, 0.25) is 0 Å². The van der Waals surface area contributed by atoms with E-state index >= 15 is 0 Å². The number of hydrogen-bond donors (Lipinski definition) is 3. The molecule has 6 rings (SSSR count). The lowest BCUT2D eigenvalue weighted by atomic mass is 9.75. The summed E-state index contributed by atoms with van der Waals surface area (Å²) in [5.41, 5.74) is 5.20. The maximum Gasteiger partial charge on any atom is 0.336 e. The fourth-order valence-corrected chi connectivity index (χ4v) is 8.58. The molecule has 3 aromatic carbocycles. The highest BCUT2D eigenvalue weighted by molar-refractivity contribution is 7.95. The molecule has 0 saturated carbocycles. The van der Waals surface area contributed by atoms with Gasteiger partial charge in [-0.2, -0.15) is 8.42 Å². The number of fused-ring (bicyclic) bond motifs is 4. The second-order valence-electron chi connectivity index (χ2n) is 14.8. The first-order valence-electron chi connectivity index (χ1n) is 15.7. The van der Waals surface area contributed by atoms with E-state index < -0.39 is 37.1 Å². The van der Waals surface area contributed by atoms with Crippen molar-refractivity contribution in [2.45, 2.75) is 53.9 Å². The quantitative estimate of drug-likeness (QED) is 0.156. The molecule has 0 radical (unpaired) electrons. The van der Waals surface area contributed by atoms with Gasteiger partial charge in [0.1, 0.15) is 17.3 Å². The molecule has 0 spiro atoms. The molecular formula is C38H40O8S2. The van der Waals surface area contributed by atoms with Crippen LogP contribution in [0.1, 0.15) is 91.2 Å². The van der Waals surface area contributed by atoms with Crippen molar-refractivity contribution in [2.75, 3.05) is 11.5 Å². The Kier molecular flexibility index (Phi) is 7.99. The number of rotatable bonds is 7. The third-order valence-electron chi connectivity index (χ3n) is 9.02. The first-order chi connectivity index (χ1) is 22.1. The first kappa shape index (κ1) is 33.9. The summed E-state index contributed by atoms with van der Waals surface area (Å²) in [6.45, 7) is 12.1. The van der Waals surface area contributed by atoms with Crippen molar-refractivity contribution in [2.24, 2.45) is 10.8 Å². The lowest BCUT2D eigenvalue weighted by Gasteiger charge is -2.32. The topological polar surface area (TPSA) is 138 Å². The van der Waals surface area contributed by atoms with E-state index in [0.717, 1.165) is 21.9 Å². The lowest BCUT2D eigenvalue weighted by Crippen LogP contribution is -2.29. The highest BCUT2D eigenvalue weighted by Crippen LogP contribution is 2.45. The number of aromatic carboxylic acids is 1. The van der Waals surface area contributed by atoms with Crippen molar-refractivity contribution < 1.29 is 36.4 Å². The summed E-state index contributed by atoms with van der Waals surface area (Å²) >= 11 is 0. The smallest absolute Gasteiger partial charge is 0.336 e. The largest absolute Gasteiger partial charge is 0.478 e. The molecule has 1 atom stereocenters. The SMILES string of the molecule is C=S(=O)(O)CC1=CC(C)(C)Cc2cc3c(cc21)C(c1cc(C(C)C)ccc1C(=O)O)=c1cc2c(cc1O3)=CC(C)(C)C=C2CS(=O)(=O)O. The van der Waals surface area contributed by atoms with Crippen LogP contribution in [0.2, 0.25) is 0 Å². The van der Waals surface area contributed by atoms with E-state index in [9.17, 15) is 31.6 Å². The van der Waals surface area contributed by atoms with Gasteiger partial charge in [-0.05, 0) is 104 Å². The van der Waals surface area contributed by atoms with Crippen LogP contribution in [0.4, 0.5) is 0 Å². The minimum absolute atomic E-state index is 0.0815. The van der Waals surface area contributed by atoms with Crippen molar-refractivity contribution in [3.63, 3.8) is 0 Å². The molecule has 3 N–H and O–H groups in total. The van der Waals surface area contributed by atoms with E-state index in [2.05, 4.69) is 19.7 Å². The summed E-state index contributed by atoms with van der Waals surface area (Å²) in [4.78, 5) is 12.8. The van der Waals surface area contributed by atoms with Crippen LogP contribution in [0, 0.1) is 10.8 Å². The van der Waals surface area contributed by atoms with Gasteiger partial charge < -0.3 is 14.4 Å². The molecule has 1 unspecified atom stereocenters. The monoisotopic (exact) mass is 688 g/mol. The third-order valence-corrected chi connectivity index (χ3v) is 10.5. The van der Waals surface area contributed by atoms with Crippen molar-refractivity contribution in [1.82, 2.24) is 0 Å². The number of hydrogen-bond acceptors (Lipinski definition) is 5. The van der Waals surface area contributed by atoms with Gasteiger partial charge in [0.05, 0.1) is 21.1 Å². The van der Waals surface area contributed by atoms with E-state index in [1.807, 2.05) is 76.3 Å². The predicted molar refractivity (Wildman–Crippen MR) is 192 cm³/mol. The second-order valence-corrected chi connectivity index (χ2v) is 18.1. The third kappa shape index (κ3) is 6.67. The molecule has 8 nitrogen and oxygen atoms in total. The van der Waals surface area contributed by atoms with E-state index in [-0.39, 0.29) is 22.6 Å². The molecule has 3 aliphatic rings. The van der Waals surface area contributed by atoms with Crippen LogP contribution < -0.4 is 15.2 Å². The Bertz CT molecular complexity index is 2340. The van der Waals surface area contributed by atoms with Crippen LogP contribution in [0.3, 0.4) is 0 Å². The fraction of sp³-hybridized carbons (Fsp3) is 0.316. The molecule has 1 heterocycles. The summed E-state index contributed by atoms with van der Waals surface area (Å²) in [5, 5.41) is 11.7. The maximum absolute atomic E-state index is 12.8. The van der Waals surface area contributed by atoms with Gasteiger partial charge in [-0.15, -0.1) is 0 Å². The molecule has 252 valence electrons. The Morgan fingerprint density at radius 2 is 1.54 bits per heavy atom. The van der Waals surface area contributed by atoms with E-state index in [1.165, 1.54) is 0 Å². The Hall–Kier alpha value is -3.96. The number of carbonyl (C=O) groups is 1. The standard InChI is InChI=1S/C38H40O8S2/c1-21(2)22-8-9-27(36(39)40)30(10-22)35-31-13-28-23(15-37(3,4)17-25(28)19-47(7,41)42)11-33(31)46-34-12-24-16-38(5,6)18-26(20-48(43,44)45)29(24)14-32(34)35/h8-14,16-18,21H,7,15,19-20H2,1-6H3,(H,39,40)(H,41,42)(H,43,44,45). The Morgan fingerprint density at radius 3 is 2.17 bits per heavy atom. The Labute approximate surface area is 281 Å². The van der Waals surface area contributed by atoms with Crippen LogP contribution in [-0.2, 0) is 26.3 Å². The number of benzene rings is 3. The minimum atomic E-state index is -4.38. The second kappa shape index (κ2) is 11.3. The summed E-state index contributed by atoms with van der Waals surface area (Å²) in [7, 11) is -7.77. The van der Waals surface area contributed by atoms with Gasteiger partial charge in [0, 0.05) is 21.8 Å². The van der Waals surface area contributed by atoms with Crippen LogP contribution in [-0.4, -0.2) is 50.2 Å². The molecule has 0 bridgehead atoms. The molecule has 0 saturated heterocycles. The number of carboxylic acids is 1. The molecule has 2 aliphatic carbocycles. The zero-order valence-electron chi connectivity index (χ0n) is 27.9. The van der Waals surface area contributed by atoms with E-state index in [4.69, 9.17) is 4.74 Å². The number of allylic oxidation sites excluding steroid dienone is 2. The Morgan fingerprint density at radius 1 is 0.854 bits per heavy atom. The molecule has 48 heavy (non-hydrogen) atoms. The van der Waals surface area contributed by atoms with Crippen LogP contribution >= 0.6 is 0 Å². The first-order valence-corrected chi connectivity index (χ1v) is 19.2. The maximum atomic E-state index is 12.8. The normalized spacial score (nSPS) is 18.6. The summed E-state index contributed by atoms with van der Waals surface area (Å²) in [6, 6.07) is 12.8. The van der Waals surface area contributed by atoms with E-state index in [0.29, 0.717) is 56.5 Å². The molecule has 3 aromatic rings. The molecule has 10 heteroatoms. The number of ether oxygens (including phenoxy) is 1. The van der Waals surface area contributed by atoms with Crippen molar-refractivity contribution in [3.05, 3.63) is 104 Å². The average molecular weight is 689 g/mol. The van der Waals surface area contributed by atoms with Gasteiger partial charge >= 0.3 is 5.97 Å². The van der Waals surface area contributed by atoms with E-state index in [1.54, 1.807) is 12.1 Å². The van der Waals surface area contributed by atoms with Crippen LogP contribution in [0.25, 0.3) is 22.8 Å². The van der Waals surface area contributed by atoms with Gasteiger partial charge in [-0.1, -0.05) is 65.8 Å². The summed E-state index contributed by atoms with van der Waals surface area (Å²) in [6.07, 6.45) is 6.47. The highest BCUT2D eigenvalue weighted by Gasteiger charge is 2.32. The van der Waals surface area contributed by atoms with Crippen molar-refractivity contribution in [1.29, 1.82) is 0 Å². The van der Waals surface area contributed by atoms with Gasteiger partial charge in [-0.25, -0.2) is 9.00 Å². The lowest BCUT2D eigenvalue weighted by molar-refractivity contribution is 0.0696. The fourth-order valence-electron chi connectivity index (χ4n) is 7.23. The van der Waals surface area contributed by atoms with Gasteiger partial charge in [-0.3, -0.25) is 4.55 Å². The summed E-state index contributed by atoms with van der Waals surface area (Å²) < 4.78 is 63.7. The van der Waals surface area contributed by atoms with Crippen molar-refractivity contribution in [3.8, 4) is 11.5 Å². The summed E-state index contributed by atoms with van der Waals surface area (Å²) in [5.74, 6) is 2.71. The minimum Gasteiger partial charge on any atom is -0.478 e. The highest BCUT2D eigenvalue weighted by atomic mass is 32.2. The van der Waals surface area contributed by atoms with Crippen molar-refractivity contribution >= 4 is 54.6 Å². The van der Waals surface area contributed by atoms with Gasteiger partial charge in [0.25, 0.3) is 10.1 Å². The Balaban J connectivity index is 1.76. The molecular weight excluding hydrogens is 649 g/mol. The van der Waals surface area contributed by atoms with Crippen LogP contribution in [0.15, 0.2) is 54.6 Å². The zero-order chi connectivity index (χ0) is 35.1. The zero-order valence-corrected chi connectivity index (χ0v) is 29.5. The molecule has 0 aromatic heterocycles. The molecule has 0 fully saturated rings.